The lowest BCUT2D eigenvalue weighted by atomic mass is 10.1. The van der Waals surface area contributed by atoms with E-state index in [1.54, 1.807) is 25.2 Å². The smallest absolute Gasteiger partial charge is 0.368 e. The molecule has 0 radical (unpaired) electrons. The number of hydrogen-bond acceptors (Lipinski definition) is 2. The topological polar surface area (TPSA) is 29.9 Å². The summed E-state index contributed by atoms with van der Waals surface area (Å²) in [7, 11) is 1.65. The van der Waals surface area contributed by atoms with E-state index in [-0.39, 0.29) is 5.56 Å². The van der Waals surface area contributed by atoms with Crippen molar-refractivity contribution in [3.63, 3.8) is 0 Å². The summed E-state index contributed by atoms with van der Waals surface area (Å²) >= 11 is 0. The summed E-state index contributed by atoms with van der Waals surface area (Å²) < 4.78 is 40.5. The Hall–Kier alpha value is -1.98. The molecule has 1 unspecified atom stereocenters. The van der Waals surface area contributed by atoms with Gasteiger partial charge >= 0.3 is 6.18 Å². The van der Waals surface area contributed by atoms with Crippen LogP contribution in [-0.4, -0.2) is 16.0 Å². The molecule has 1 heterocycles. The Morgan fingerprint density at radius 1 is 1.22 bits per heavy atom. The van der Waals surface area contributed by atoms with Gasteiger partial charge in [0.2, 0.25) is 0 Å². The number of aryl methyl sites for hydroxylation is 1. The van der Waals surface area contributed by atoms with E-state index in [2.05, 4.69) is 10.4 Å². The van der Waals surface area contributed by atoms with Gasteiger partial charge in [0.25, 0.3) is 0 Å². The lowest BCUT2D eigenvalue weighted by Crippen LogP contribution is -2.27. The van der Waals surface area contributed by atoms with Gasteiger partial charge in [0.15, 0.2) is 0 Å². The summed E-state index contributed by atoms with van der Waals surface area (Å²) in [6.07, 6.45) is -1.50. The number of halogens is 3. The molecule has 1 aromatic heterocycles. The van der Waals surface area contributed by atoms with E-state index in [0.717, 1.165) is 0 Å². The van der Waals surface area contributed by atoms with Crippen LogP contribution in [0.2, 0.25) is 0 Å². The standard InChI is InChI=1S/C12H12F3N3/c1-18-8-10(7-16-18)17-11(12(13,14)15)9-5-3-2-4-6-9/h2-8,11,17H,1H3. The molecule has 1 N–H and O–H groups in total. The van der Waals surface area contributed by atoms with Crippen molar-refractivity contribution in [1.29, 1.82) is 0 Å². The van der Waals surface area contributed by atoms with Crippen molar-refractivity contribution in [3.05, 3.63) is 48.3 Å². The zero-order chi connectivity index (χ0) is 13.2. The van der Waals surface area contributed by atoms with Crippen molar-refractivity contribution in [3.8, 4) is 0 Å². The Balaban J connectivity index is 2.27. The molecule has 0 aliphatic carbocycles. The molecule has 6 heteroatoms. The molecule has 0 amide bonds. The van der Waals surface area contributed by atoms with E-state index in [0.29, 0.717) is 5.69 Å². The summed E-state index contributed by atoms with van der Waals surface area (Å²) in [5.41, 5.74) is 0.512. The first-order valence-corrected chi connectivity index (χ1v) is 5.33. The Morgan fingerprint density at radius 2 is 1.89 bits per heavy atom. The molecule has 2 rings (SSSR count). The Bertz CT molecular complexity index is 505. The monoisotopic (exact) mass is 255 g/mol. The molecule has 0 saturated carbocycles. The van der Waals surface area contributed by atoms with Gasteiger partial charge in [-0.15, -0.1) is 0 Å². The third-order valence-corrected chi connectivity index (χ3v) is 2.48. The molecule has 2 aromatic rings. The van der Waals surface area contributed by atoms with Gasteiger partial charge in [-0.2, -0.15) is 18.3 Å². The van der Waals surface area contributed by atoms with Crippen LogP contribution >= 0.6 is 0 Å². The van der Waals surface area contributed by atoms with Crippen LogP contribution in [0.5, 0.6) is 0 Å². The van der Waals surface area contributed by atoms with E-state index >= 15 is 0 Å². The van der Waals surface area contributed by atoms with Crippen molar-refractivity contribution in [2.45, 2.75) is 12.2 Å². The van der Waals surface area contributed by atoms with Gasteiger partial charge in [-0.3, -0.25) is 4.68 Å². The molecule has 0 fully saturated rings. The molecule has 96 valence electrons. The minimum Gasteiger partial charge on any atom is -0.368 e. The minimum absolute atomic E-state index is 0.175. The first-order valence-electron chi connectivity index (χ1n) is 5.33. The quantitative estimate of drug-likeness (QED) is 0.913. The largest absolute Gasteiger partial charge is 0.412 e. The van der Waals surface area contributed by atoms with Gasteiger partial charge < -0.3 is 5.32 Å². The highest BCUT2D eigenvalue weighted by atomic mass is 19.4. The number of anilines is 1. The zero-order valence-corrected chi connectivity index (χ0v) is 9.65. The van der Waals surface area contributed by atoms with Crippen molar-refractivity contribution in [2.24, 2.45) is 7.05 Å². The highest BCUT2D eigenvalue weighted by Crippen LogP contribution is 2.35. The molecule has 1 aromatic carbocycles. The number of nitrogens with one attached hydrogen (secondary N) is 1. The fraction of sp³-hybridized carbons (Fsp3) is 0.250. The Kier molecular flexibility index (Phi) is 3.27. The number of rotatable bonds is 3. The van der Waals surface area contributed by atoms with Crippen molar-refractivity contribution in [1.82, 2.24) is 9.78 Å². The number of aromatic nitrogens is 2. The number of benzene rings is 1. The number of alkyl halides is 3. The van der Waals surface area contributed by atoms with Crippen LogP contribution in [0, 0.1) is 0 Å². The zero-order valence-electron chi connectivity index (χ0n) is 9.65. The number of nitrogens with zero attached hydrogens (tertiary/aromatic N) is 2. The molecule has 1 atom stereocenters. The third kappa shape index (κ3) is 2.82. The SMILES string of the molecule is Cn1cc(NC(c2ccccc2)C(F)(F)F)cn1. The average Bonchev–Trinajstić information content (AvgIpc) is 2.72. The van der Waals surface area contributed by atoms with Crippen molar-refractivity contribution in [2.75, 3.05) is 5.32 Å². The summed E-state index contributed by atoms with van der Waals surface area (Å²) in [6.45, 7) is 0. The van der Waals surface area contributed by atoms with Crippen LogP contribution in [-0.2, 0) is 7.05 Å². The third-order valence-electron chi connectivity index (χ3n) is 2.48. The lowest BCUT2D eigenvalue weighted by Gasteiger charge is -2.22. The van der Waals surface area contributed by atoms with Gasteiger partial charge in [-0.05, 0) is 5.56 Å². The van der Waals surface area contributed by atoms with Crippen LogP contribution in [0.1, 0.15) is 11.6 Å². The van der Waals surface area contributed by atoms with E-state index in [9.17, 15) is 13.2 Å². The Morgan fingerprint density at radius 3 is 2.39 bits per heavy atom. The second-order valence-electron chi connectivity index (χ2n) is 3.93. The van der Waals surface area contributed by atoms with Crippen LogP contribution in [0.4, 0.5) is 18.9 Å². The van der Waals surface area contributed by atoms with Crippen molar-refractivity contribution < 1.29 is 13.2 Å². The van der Waals surface area contributed by atoms with E-state index < -0.39 is 12.2 Å². The highest BCUT2D eigenvalue weighted by molar-refractivity contribution is 5.42. The average molecular weight is 255 g/mol. The molecule has 0 bridgehead atoms. The van der Waals surface area contributed by atoms with Crippen LogP contribution in [0.15, 0.2) is 42.7 Å². The maximum Gasteiger partial charge on any atom is 0.412 e. The van der Waals surface area contributed by atoms with E-state index in [1.165, 1.54) is 29.2 Å². The molecule has 0 aliphatic rings. The summed E-state index contributed by atoms with van der Waals surface area (Å²) in [5, 5.41) is 6.28. The van der Waals surface area contributed by atoms with Gasteiger partial charge in [-0.1, -0.05) is 30.3 Å². The summed E-state index contributed by atoms with van der Waals surface area (Å²) in [6, 6.07) is 6.00. The van der Waals surface area contributed by atoms with E-state index in [1.807, 2.05) is 0 Å². The molecular weight excluding hydrogens is 243 g/mol. The second kappa shape index (κ2) is 4.72. The maximum absolute atomic E-state index is 13.0. The maximum atomic E-state index is 13.0. The molecule has 18 heavy (non-hydrogen) atoms. The highest BCUT2D eigenvalue weighted by Gasteiger charge is 2.40. The minimum atomic E-state index is -4.36. The first kappa shape index (κ1) is 12.5. The molecule has 0 spiro atoms. The van der Waals surface area contributed by atoms with Crippen molar-refractivity contribution >= 4 is 5.69 Å². The van der Waals surface area contributed by atoms with Gasteiger partial charge in [-0.25, -0.2) is 0 Å². The summed E-state index contributed by atoms with van der Waals surface area (Å²) in [4.78, 5) is 0. The van der Waals surface area contributed by atoms with Gasteiger partial charge in [0, 0.05) is 13.2 Å². The molecular formula is C12H12F3N3. The normalized spacial score (nSPS) is 13.3. The second-order valence-corrected chi connectivity index (χ2v) is 3.93. The molecule has 0 saturated heterocycles. The fourth-order valence-electron chi connectivity index (χ4n) is 1.66. The number of hydrogen-bond donors (Lipinski definition) is 1. The predicted octanol–water partition coefficient (Wildman–Crippen LogP) is 3.14. The summed E-state index contributed by atoms with van der Waals surface area (Å²) in [5.74, 6) is 0. The fourth-order valence-corrected chi connectivity index (χ4v) is 1.66. The van der Waals surface area contributed by atoms with Crippen LogP contribution < -0.4 is 5.32 Å². The molecule has 3 nitrogen and oxygen atoms in total. The van der Waals surface area contributed by atoms with Gasteiger partial charge in [0.05, 0.1) is 11.9 Å². The Labute approximate surface area is 102 Å². The van der Waals surface area contributed by atoms with Crippen LogP contribution in [0.3, 0.4) is 0 Å². The van der Waals surface area contributed by atoms with Crippen LogP contribution in [0.25, 0.3) is 0 Å². The van der Waals surface area contributed by atoms with Gasteiger partial charge in [0.1, 0.15) is 6.04 Å². The van der Waals surface area contributed by atoms with E-state index in [4.69, 9.17) is 0 Å². The predicted molar refractivity (Wildman–Crippen MR) is 62.1 cm³/mol. The first-order chi connectivity index (χ1) is 8.47. The molecule has 0 aliphatic heterocycles. The lowest BCUT2D eigenvalue weighted by molar-refractivity contribution is -0.144.